The number of rotatable bonds is 11. The summed E-state index contributed by atoms with van der Waals surface area (Å²) in [6.07, 6.45) is 2.84. The number of esters is 1. The van der Waals surface area contributed by atoms with E-state index >= 15 is 0 Å². The van der Waals surface area contributed by atoms with E-state index in [2.05, 4.69) is 15.6 Å². The molecule has 246 valence electrons. The lowest BCUT2D eigenvalue weighted by atomic mass is 9.95. The van der Waals surface area contributed by atoms with Gasteiger partial charge in [-0.1, -0.05) is 81.4 Å². The van der Waals surface area contributed by atoms with Crippen LogP contribution in [0.25, 0.3) is 11.0 Å². The Morgan fingerprint density at radius 2 is 1.68 bits per heavy atom. The summed E-state index contributed by atoms with van der Waals surface area (Å²) in [6.45, 7) is 6.05. The lowest BCUT2D eigenvalue weighted by Gasteiger charge is -2.28. The zero-order chi connectivity index (χ0) is 33.6. The quantitative estimate of drug-likeness (QED) is 0.232. The molecule has 3 aromatic carbocycles. The third-order valence-corrected chi connectivity index (χ3v) is 8.18. The van der Waals surface area contributed by atoms with Gasteiger partial charge in [0.15, 0.2) is 0 Å². The van der Waals surface area contributed by atoms with E-state index in [1.165, 1.54) is 7.11 Å². The third-order valence-electron chi connectivity index (χ3n) is 8.18. The second kappa shape index (κ2) is 14.6. The minimum atomic E-state index is -0.943. The number of amides is 3. The van der Waals surface area contributed by atoms with E-state index in [-0.39, 0.29) is 18.4 Å². The van der Waals surface area contributed by atoms with E-state index in [4.69, 9.17) is 9.47 Å². The van der Waals surface area contributed by atoms with Crippen LogP contribution < -0.4 is 10.6 Å². The van der Waals surface area contributed by atoms with Gasteiger partial charge in [-0.25, -0.2) is 9.78 Å². The molecule has 47 heavy (non-hydrogen) atoms. The van der Waals surface area contributed by atoms with Crippen molar-refractivity contribution in [3.63, 3.8) is 0 Å². The molecular weight excluding hydrogens is 598 g/mol. The van der Waals surface area contributed by atoms with Crippen molar-refractivity contribution in [3.05, 3.63) is 96.3 Å². The molecule has 1 aromatic heterocycles. The standard InChI is InChI=1S/C36H41N5O6/c1-36(2,3)35(45)39-28(22-47-21-24-12-7-5-8-13-24)32(42)38-26-17-18-29-27(20-26)37-23-41(29)31(25-14-9-6-10-15-25)33(43)40-19-11-16-30(40)34(44)46-4/h5-10,12-15,17-18,20,23,28,30-31H,11,16,19,21-22H2,1-4H3,(H,38,42)(H,39,45)/t28-,30+,31?/m1/s1. The van der Waals surface area contributed by atoms with E-state index in [0.717, 1.165) is 11.1 Å². The smallest absolute Gasteiger partial charge is 0.328 e. The predicted molar refractivity (Wildman–Crippen MR) is 177 cm³/mol. The Bertz CT molecular complexity index is 1720. The van der Waals surface area contributed by atoms with Crippen molar-refractivity contribution >= 4 is 40.4 Å². The zero-order valence-electron chi connectivity index (χ0n) is 27.1. The van der Waals surface area contributed by atoms with Gasteiger partial charge in [-0.15, -0.1) is 0 Å². The summed E-state index contributed by atoms with van der Waals surface area (Å²) in [5, 5.41) is 5.71. The summed E-state index contributed by atoms with van der Waals surface area (Å²) in [6, 6.07) is 21.8. The first kappa shape index (κ1) is 33.3. The molecule has 0 aliphatic carbocycles. The van der Waals surface area contributed by atoms with Crippen molar-refractivity contribution in [1.29, 1.82) is 0 Å². The van der Waals surface area contributed by atoms with Crippen molar-refractivity contribution in [2.45, 2.75) is 58.3 Å². The number of hydrogen-bond donors (Lipinski definition) is 2. The highest BCUT2D eigenvalue weighted by atomic mass is 16.5. The minimum absolute atomic E-state index is 0.0245. The summed E-state index contributed by atoms with van der Waals surface area (Å²) >= 11 is 0. The summed E-state index contributed by atoms with van der Waals surface area (Å²) in [7, 11) is 1.33. The molecule has 3 atom stereocenters. The van der Waals surface area contributed by atoms with E-state index in [0.29, 0.717) is 42.7 Å². The number of nitrogens with one attached hydrogen (secondary N) is 2. The maximum absolute atomic E-state index is 14.1. The Morgan fingerprint density at radius 3 is 2.36 bits per heavy atom. The van der Waals surface area contributed by atoms with Crippen molar-refractivity contribution in [2.75, 3.05) is 25.6 Å². The van der Waals surface area contributed by atoms with Crippen LogP contribution in [0.15, 0.2) is 85.2 Å². The van der Waals surface area contributed by atoms with Gasteiger partial charge in [0.05, 0.1) is 37.7 Å². The molecule has 1 fully saturated rings. The van der Waals surface area contributed by atoms with Crippen molar-refractivity contribution in [3.8, 4) is 0 Å². The van der Waals surface area contributed by atoms with Crippen molar-refractivity contribution in [1.82, 2.24) is 19.8 Å². The van der Waals surface area contributed by atoms with Gasteiger partial charge in [-0.2, -0.15) is 0 Å². The molecule has 1 saturated heterocycles. The van der Waals surface area contributed by atoms with Gasteiger partial charge in [-0.05, 0) is 42.2 Å². The van der Waals surface area contributed by atoms with Crippen LogP contribution >= 0.6 is 0 Å². The second-order valence-electron chi connectivity index (χ2n) is 12.6. The topological polar surface area (TPSA) is 132 Å². The van der Waals surface area contributed by atoms with Gasteiger partial charge in [0.25, 0.3) is 5.91 Å². The summed E-state index contributed by atoms with van der Waals surface area (Å²) < 4.78 is 12.6. The molecule has 1 aliphatic heterocycles. The first-order valence-corrected chi connectivity index (χ1v) is 15.7. The molecule has 0 bridgehead atoms. The fraction of sp³-hybridized carbons (Fsp3) is 0.361. The van der Waals surface area contributed by atoms with Crippen LogP contribution in [0.5, 0.6) is 0 Å². The first-order valence-electron chi connectivity index (χ1n) is 15.7. The Balaban J connectivity index is 1.38. The zero-order valence-corrected chi connectivity index (χ0v) is 27.1. The number of methoxy groups -OCH3 is 1. The van der Waals surface area contributed by atoms with E-state index in [9.17, 15) is 19.2 Å². The van der Waals surface area contributed by atoms with Gasteiger partial charge < -0.3 is 29.6 Å². The van der Waals surface area contributed by atoms with Crippen LogP contribution in [-0.4, -0.2) is 70.5 Å². The Hall–Kier alpha value is -5.03. The number of imidazole rings is 1. The summed E-state index contributed by atoms with van der Waals surface area (Å²) in [5.74, 6) is -1.37. The first-order chi connectivity index (χ1) is 22.6. The van der Waals surface area contributed by atoms with Crippen LogP contribution in [0, 0.1) is 5.41 Å². The summed E-state index contributed by atoms with van der Waals surface area (Å²) in [4.78, 5) is 59.1. The largest absolute Gasteiger partial charge is 0.467 e. The SMILES string of the molecule is COC(=O)[C@@H]1CCCN1C(=O)C(c1ccccc1)n1cnc2cc(NC(=O)[C@@H](COCc3ccccc3)NC(=O)C(C)(C)C)ccc21. The fourth-order valence-corrected chi connectivity index (χ4v) is 5.60. The summed E-state index contributed by atoms with van der Waals surface area (Å²) in [5.41, 5.74) is 2.69. The molecule has 11 heteroatoms. The Kier molecular flexibility index (Phi) is 10.4. The van der Waals surface area contributed by atoms with Crippen LogP contribution in [0.1, 0.15) is 50.8 Å². The highest BCUT2D eigenvalue weighted by Gasteiger charge is 2.39. The number of anilines is 1. The molecule has 3 amide bonds. The Labute approximate surface area is 274 Å². The number of carbonyl (C=O) groups is 4. The lowest BCUT2D eigenvalue weighted by Crippen LogP contribution is -2.50. The van der Waals surface area contributed by atoms with E-state index < -0.39 is 35.4 Å². The predicted octanol–water partition coefficient (Wildman–Crippen LogP) is 4.48. The van der Waals surface area contributed by atoms with Gasteiger partial charge >= 0.3 is 5.97 Å². The fourth-order valence-electron chi connectivity index (χ4n) is 5.60. The van der Waals surface area contributed by atoms with E-state index in [1.807, 2.05) is 60.7 Å². The number of ether oxygens (including phenoxy) is 2. The Morgan fingerprint density at radius 1 is 0.979 bits per heavy atom. The number of hydrogen-bond acceptors (Lipinski definition) is 7. The molecule has 4 aromatic rings. The number of carbonyl (C=O) groups excluding carboxylic acids is 4. The lowest BCUT2D eigenvalue weighted by molar-refractivity contribution is -0.151. The van der Waals surface area contributed by atoms with Crippen molar-refractivity contribution < 1.29 is 28.7 Å². The molecule has 0 saturated carbocycles. The number of nitrogens with zero attached hydrogens (tertiary/aromatic N) is 3. The van der Waals surface area contributed by atoms with Crippen LogP contribution in [0.4, 0.5) is 5.69 Å². The molecular formula is C36H41N5O6. The number of aromatic nitrogens is 2. The average molecular weight is 640 g/mol. The normalized spacial score (nSPS) is 16.0. The average Bonchev–Trinajstić information content (AvgIpc) is 3.72. The molecule has 0 radical (unpaired) electrons. The van der Waals surface area contributed by atoms with Crippen LogP contribution in [-0.2, 0) is 35.3 Å². The van der Waals surface area contributed by atoms with E-state index in [1.54, 1.807) is 54.8 Å². The number of fused-ring (bicyclic) bond motifs is 1. The van der Waals surface area contributed by atoms with Crippen LogP contribution in [0.2, 0.25) is 0 Å². The maximum Gasteiger partial charge on any atom is 0.328 e. The third kappa shape index (κ3) is 7.86. The van der Waals surface area contributed by atoms with Crippen molar-refractivity contribution in [2.24, 2.45) is 5.41 Å². The monoisotopic (exact) mass is 639 g/mol. The maximum atomic E-state index is 14.1. The molecule has 1 aliphatic rings. The van der Waals surface area contributed by atoms with Gasteiger partial charge in [0, 0.05) is 17.6 Å². The second-order valence-corrected chi connectivity index (χ2v) is 12.6. The van der Waals surface area contributed by atoms with Gasteiger partial charge in [0.1, 0.15) is 18.1 Å². The highest BCUT2D eigenvalue weighted by molar-refractivity contribution is 5.99. The molecule has 2 N–H and O–H groups in total. The molecule has 2 heterocycles. The number of likely N-dealkylation sites (tertiary alicyclic amines) is 1. The molecule has 5 rings (SSSR count). The van der Waals surface area contributed by atoms with Crippen LogP contribution in [0.3, 0.4) is 0 Å². The number of benzene rings is 3. The molecule has 1 unspecified atom stereocenters. The van der Waals surface area contributed by atoms with Gasteiger partial charge in [-0.3, -0.25) is 14.4 Å². The molecule has 11 nitrogen and oxygen atoms in total. The van der Waals surface area contributed by atoms with Gasteiger partial charge in [0.2, 0.25) is 11.8 Å². The highest BCUT2D eigenvalue weighted by Crippen LogP contribution is 2.30. The molecule has 0 spiro atoms. The minimum Gasteiger partial charge on any atom is -0.467 e.